The van der Waals surface area contributed by atoms with E-state index in [9.17, 15) is 13.2 Å². The molecule has 3 aromatic rings. The number of carbonyl (C=O) groups excluding carboxylic acids is 1. The van der Waals surface area contributed by atoms with E-state index in [1.54, 1.807) is 23.2 Å². The third-order valence-corrected chi connectivity index (χ3v) is 6.06. The van der Waals surface area contributed by atoms with Crippen LogP contribution in [0.3, 0.4) is 0 Å². The Hall–Kier alpha value is -3.07. The molecule has 1 saturated heterocycles. The first-order chi connectivity index (χ1) is 15.5. The number of piperidine rings is 1. The van der Waals surface area contributed by atoms with Crippen molar-refractivity contribution in [2.75, 3.05) is 24.1 Å². The predicted molar refractivity (Wildman–Crippen MR) is 128 cm³/mol. The van der Waals surface area contributed by atoms with E-state index in [0.29, 0.717) is 18.8 Å². The number of hydrogen-bond acceptors (Lipinski definition) is 6. The SMILES string of the molecule is CC(C)(C)OC(=O)N1CCC(c2cc3cc(-c4ccc(NS(C)(=O)=O)cc4)ncc3o2)CC1. The van der Waals surface area contributed by atoms with Crippen LogP contribution in [0.25, 0.3) is 22.2 Å². The first kappa shape index (κ1) is 23.1. The van der Waals surface area contributed by atoms with Gasteiger partial charge in [-0.1, -0.05) is 12.1 Å². The zero-order valence-electron chi connectivity index (χ0n) is 19.3. The van der Waals surface area contributed by atoms with Gasteiger partial charge in [0.25, 0.3) is 0 Å². The van der Waals surface area contributed by atoms with Crippen LogP contribution in [0.1, 0.15) is 45.3 Å². The van der Waals surface area contributed by atoms with Crippen molar-refractivity contribution in [3.63, 3.8) is 0 Å². The normalized spacial score (nSPS) is 15.6. The van der Waals surface area contributed by atoms with Gasteiger partial charge in [0.2, 0.25) is 10.0 Å². The monoisotopic (exact) mass is 471 g/mol. The zero-order chi connectivity index (χ0) is 23.8. The van der Waals surface area contributed by atoms with Crippen LogP contribution in [0.5, 0.6) is 0 Å². The Labute approximate surface area is 194 Å². The summed E-state index contributed by atoms with van der Waals surface area (Å²) >= 11 is 0. The van der Waals surface area contributed by atoms with E-state index < -0.39 is 15.6 Å². The lowest BCUT2D eigenvalue weighted by atomic mass is 9.94. The van der Waals surface area contributed by atoms with Crippen molar-refractivity contribution >= 4 is 32.8 Å². The molecule has 0 bridgehead atoms. The molecule has 1 amide bonds. The molecule has 9 heteroatoms. The predicted octanol–water partition coefficient (Wildman–Crippen LogP) is 4.98. The molecule has 0 saturated carbocycles. The van der Waals surface area contributed by atoms with E-state index in [4.69, 9.17) is 9.15 Å². The topological polar surface area (TPSA) is 102 Å². The standard InChI is InChI=1S/C24H29N3O5S/c1-24(2,3)32-23(28)27-11-9-17(10-12-27)21-14-18-13-20(25-15-22(18)31-21)16-5-7-19(8-6-16)26-33(4,29)30/h5-8,13-15,17,26H,9-12H2,1-4H3. The fraction of sp³-hybridized carbons (Fsp3) is 0.417. The molecule has 0 atom stereocenters. The highest BCUT2D eigenvalue weighted by molar-refractivity contribution is 7.92. The van der Waals surface area contributed by atoms with Crippen molar-refractivity contribution < 1.29 is 22.4 Å². The number of furan rings is 1. The van der Waals surface area contributed by atoms with Crippen LogP contribution in [0.4, 0.5) is 10.5 Å². The molecule has 2 aromatic heterocycles. The highest BCUT2D eigenvalue weighted by atomic mass is 32.2. The number of nitrogens with zero attached hydrogens (tertiary/aromatic N) is 2. The first-order valence-electron chi connectivity index (χ1n) is 10.9. The van der Waals surface area contributed by atoms with Crippen molar-refractivity contribution in [1.82, 2.24) is 9.88 Å². The fourth-order valence-corrected chi connectivity index (χ4v) is 4.49. The summed E-state index contributed by atoms with van der Waals surface area (Å²) in [4.78, 5) is 18.6. The molecule has 33 heavy (non-hydrogen) atoms. The van der Waals surface area contributed by atoms with Crippen LogP contribution >= 0.6 is 0 Å². The van der Waals surface area contributed by atoms with Gasteiger partial charge in [0.1, 0.15) is 11.4 Å². The van der Waals surface area contributed by atoms with E-state index in [1.165, 1.54) is 0 Å². The van der Waals surface area contributed by atoms with E-state index >= 15 is 0 Å². The summed E-state index contributed by atoms with van der Waals surface area (Å²) in [6.45, 7) is 6.88. The van der Waals surface area contributed by atoms with Gasteiger partial charge in [-0.3, -0.25) is 9.71 Å². The second-order valence-corrected chi connectivity index (χ2v) is 11.2. The van der Waals surface area contributed by atoms with Crippen molar-refractivity contribution in [1.29, 1.82) is 0 Å². The van der Waals surface area contributed by atoms with Crippen LogP contribution in [0, 0.1) is 0 Å². The molecule has 0 unspecified atom stereocenters. The summed E-state index contributed by atoms with van der Waals surface area (Å²) in [6.07, 6.45) is 4.20. The molecule has 0 aliphatic carbocycles. The smallest absolute Gasteiger partial charge is 0.410 e. The third-order valence-electron chi connectivity index (χ3n) is 5.46. The molecule has 176 valence electrons. The molecule has 1 aliphatic rings. The number of carbonyl (C=O) groups is 1. The van der Waals surface area contributed by atoms with E-state index in [2.05, 4.69) is 9.71 Å². The Bertz CT molecular complexity index is 1250. The summed E-state index contributed by atoms with van der Waals surface area (Å²) in [5.41, 5.74) is 2.39. The average Bonchev–Trinajstić information content (AvgIpc) is 3.15. The van der Waals surface area contributed by atoms with Gasteiger partial charge >= 0.3 is 6.09 Å². The van der Waals surface area contributed by atoms with Gasteiger partial charge in [-0.2, -0.15) is 0 Å². The lowest BCUT2D eigenvalue weighted by Crippen LogP contribution is -2.41. The number of fused-ring (bicyclic) bond motifs is 1. The summed E-state index contributed by atoms with van der Waals surface area (Å²) in [5, 5.41) is 0.961. The van der Waals surface area contributed by atoms with Crippen molar-refractivity contribution in [2.45, 2.75) is 45.1 Å². The highest BCUT2D eigenvalue weighted by Crippen LogP contribution is 2.34. The quantitative estimate of drug-likeness (QED) is 0.576. The van der Waals surface area contributed by atoms with Crippen LogP contribution in [-0.4, -0.2) is 49.3 Å². The van der Waals surface area contributed by atoms with Gasteiger partial charge in [0, 0.05) is 35.6 Å². The van der Waals surface area contributed by atoms with Gasteiger partial charge in [-0.05, 0) is 57.9 Å². The Morgan fingerprint density at radius 3 is 2.42 bits per heavy atom. The van der Waals surface area contributed by atoms with Gasteiger partial charge in [0.15, 0.2) is 5.58 Å². The van der Waals surface area contributed by atoms with Gasteiger partial charge in [-0.25, -0.2) is 13.2 Å². The molecule has 8 nitrogen and oxygen atoms in total. The Balaban J connectivity index is 1.45. The number of aromatic nitrogens is 1. The van der Waals surface area contributed by atoms with E-state index in [0.717, 1.165) is 47.1 Å². The maximum atomic E-state index is 12.3. The Kier molecular flexibility index (Phi) is 6.09. The molecule has 0 spiro atoms. The lowest BCUT2D eigenvalue weighted by Gasteiger charge is -2.32. The molecular formula is C24H29N3O5S. The number of benzene rings is 1. The van der Waals surface area contributed by atoms with Crippen molar-refractivity contribution in [2.24, 2.45) is 0 Å². The largest absolute Gasteiger partial charge is 0.459 e. The molecule has 3 heterocycles. The number of sulfonamides is 1. The minimum Gasteiger partial charge on any atom is -0.459 e. The minimum absolute atomic E-state index is 0.237. The second kappa shape index (κ2) is 8.70. The number of ether oxygens (including phenoxy) is 1. The molecule has 0 radical (unpaired) electrons. The molecule has 1 aromatic carbocycles. The van der Waals surface area contributed by atoms with Crippen molar-refractivity contribution in [3.8, 4) is 11.3 Å². The number of rotatable bonds is 4. The molecule has 4 rings (SSSR count). The van der Waals surface area contributed by atoms with Crippen molar-refractivity contribution in [3.05, 3.63) is 48.4 Å². The zero-order valence-corrected chi connectivity index (χ0v) is 20.1. The number of hydrogen-bond donors (Lipinski definition) is 1. The van der Waals surface area contributed by atoms with Crippen LogP contribution < -0.4 is 4.72 Å². The molecule has 1 N–H and O–H groups in total. The average molecular weight is 472 g/mol. The first-order valence-corrected chi connectivity index (χ1v) is 12.8. The maximum absolute atomic E-state index is 12.3. The van der Waals surface area contributed by atoms with Crippen LogP contribution in [-0.2, 0) is 14.8 Å². The Morgan fingerprint density at radius 1 is 1.15 bits per heavy atom. The van der Waals surface area contributed by atoms with Crippen LogP contribution in [0.15, 0.2) is 47.0 Å². The molecule has 1 fully saturated rings. The highest BCUT2D eigenvalue weighted by Gasteiger charge is 2.29. The minimum atomic E-state index is -3.31. The number of nitrogens with one attached hydrogen (secondary N) is 1. The van der Waals surface area contributed by atoms with Gasteiger partial charge < -0.3 is 14.1 Å². The summed E-state index contributed by atoms with van der Waals surface area (Å²) in [5.74, 6) is 1.14. The number of anilines is 1. The molecular weight excluding hydrogens is 442 g/mol. The Morgan fingerprint density at radius 2 is 1.82 bits per heavy atom. The van der Waals surface area contributed by atoms with Gasteiger partial charge in [-0.15, -0.1) is 0 Å². The van der Waals surface area contributed by atoms with Crippen LogP contribution in [0.2, 0.25) is 0 Å². The maximum Gasteiger partial charge on any atom is 0.410 e. The fourth-order valence-electron chi connectivity index (χ4n) is 3.92. The lowest BCUT2D eigenvalue weighted by molar-refractivity contribution is 0.0200. The third kappa shape index (κ3) is 5.84. The summed E-state index contributed by atoms with van der Waals surface area (Å²) in [7, 11) is -3.31. The summed E-state index contributed by atoms with van der Waals surface area (Å²) < 4.78 is 36.8. The van der Waals surface area contributed by atoms with E-state index in [-0.39, 0.29) is 12.0 Å². The number of amides is 1. The van der Waals surface area contributed by atoms with Gasteiger partial charge in [0.05, 0.1) is 18.1 Å². The number of pyridine rings is 1. The summed E-state index contributed by atoms with van der Waals surface area (Å²) in [6, 6.07) is 11.1. The molecule has 1 aliphatic heterocycles. The van der Waals surface area contributed by atoms with E-state index in [1.807, 2.05) is 45.0 Å². The number of likely N-dealkylation sites (tertiary alicyclic amines) is 1. The second-order valence-electron chi connectivity index (χ2n) is 9.45.